The van der Waals surface area contributed by atoms with Crippen molar-refractivity contribution in [1.82, 2.24) is 15.2 Å². The van der Waals surface area contributed by atoms with Gasteiger partial charge >= 0.3 is 0 Å². The van der Waals surface area contributed by atoms with Crippen LogP contribution in [0.4, 0.5) is 11.5 Å². The number of nitrogens with one attached hydrogen (secondary N) is 1. The standard InChI is InChI=1S/C24H31N5O4S/c1-14-18(8-7-9-22(14)34(6,30)31)15(2)26-24-19-10-17(11-25-23(19)16(3)27-28-24)29-12-20(32-4)21(13-29)33-5/h7-11,15,20-21H,12-13H2,1-6H3,(H,26,28)/t15-,20-,21+/m1/s1. The van der Waals surface area contributed by atoms with E-state index in [2.05, 4.69) is 31.5 Å². The summed E-state index contributed by atoms with van der Waals surface area (Å²) in [6.45, 7) is 7.10. The lowest BCUT2D eigenvalue weighted by Gasteiger charge is -2.21. The summed E-state index contributed by atoms with van der Waals surface area (Å²) in [7, 11) is 0.0697. The number of rotatable bonds is 7. The van der Waals surface area contributed by atoms with E-state index in [1.54, 1.807) is 26.4 Å². The van der Waals surface area contributed by atoms with Crippen LogP contribution in [0.15, 0.2) is 35.4 Å². The Hall–Kier alpha value is -2.82. The molecule has 1 fully saturated rings. The van der Waals surface area contributed by atoms with E-state index >= 15 is 0 Å². The van der Waals surface area contributed by atoms with E-state index in [0.29, 0.717) is 23.8 Å². The minimum absolute atomic E-state index is 0.0132. The summed E-state index contributed by atoms with van der Waals surface area (Å²) >= 11 is 0. The zero-order valence-electron chi connectivity index (χ0n) is 20.4. The number of sulfone groups is 1. The minimum Gasteiger partial charge on any atom is -0.377 e. The number of benzene rings is 1. The average molecular weight is 486 g/mol. The maximum absolute atomic E-state index is 12.2. The number of nitrogens with zero attached hydrogens (tertiary/aromatic N) is 4. The predicted octanol–water partition coefficient (Wildman–Crippen LogP) is 3.07. The van der Waals surface area contributed by atoms with Gasteiger partial charge in [-0.25, -0.2) is 8.42 Å². The van der Waals surface area contributed by atoms with Crippen molar-refractivity contribution >= 4 is 32.2 Å². The molecule has 1 aliphatic rings. The van der Waals surface area contributed by atoms with Gasteiger partial charge in [-0.3, -0.25) is 4.98 Å². The Balaban J connectivity index is 1.70. The molecule has 1 saturated heterocycles. The van der Waals surface area contributed by atoms with Gasteiger partial charge in [0, 0.05) is 39.0 Å². The number of ether oxygens (including phenoxy) is 2. The summed E-state index contributed by atoms with van der Waals surface area (Å²) in [5.74, 6) is 0.595. The van der Waals surface area contributed by atoms with E-state index in [4.69, 9.17) is 9.47 Å². The van der Waals surface area contributed by atoms with Gasteiger partial charge < -0.3 is 19.7 Å². The van der Waals surface area contributed by atoms with Gasteiger partial charge in [0.05, 0.1) is 34.0 Å². The van der Waals surface area contributed by atoms with E-state index in [1.165, 1.54) is 6.26 Å². The second-order valence-corrected chi connectivity index (χ2v) is 10.8. The van der Waals surface area contributed by atoms with Crippen molar-refractivity contribution in [3.63, 3.8) is 0 Å². The van der Waals surface area contributed by atoms with Crippen LogP contribution in [0.25, 0.3) is 10.9 Å². The highest BCUT2D eigenvalue weighted by molar-refractivity contribution is 7.90. The van der Waals surface area contributed by atoms with Crippen molar-refractivity contribution in [3.05, 3.63) is 47.3 Å². The molecule has 3 heterocycles. The molecule has 182 valence electrons. The number of aromatic nitrogens is 3. The topological polar surface area (TPSA) is 107 Å². The Bertz CT molecular complexity index is 1300. The number of anilines is 2. The van der Waals surface area contributed by atoms with Gasteiger partial charge in [-0.15, -0.1) is 5.10 Å². The molecule has 3 aromatic rings. The van der Waals surface area contributed by atoms with Gasteiger partial charge in [0.25, 0.3) is 0 Å². The maximum Gasteiger partial charge on any atom is 0.175 e. The van der Waals surface area contributed by atoms with Crippen molar-refractivity contribution in [1.29, 1.82) is 0 Å². The number of aryl methyl sites for hydroxylation is 1. The van der Waals surface area contributed by atoms with E-state index in [0.717, 1.165) is 33.4 Å². The molecule has 34 heavy (non-hydrogen) atoms. The highest BCUT2D eigenvalue weighted by Gasteiger charge is 2.33. The Kier molecular flexibility index (Phi) is 6.75. The fraction of sp³-hybridized carbons (Fsp3) is 0.458. The summed E-state index contributed by atoms with van der Waals surface area (Å²) in [4.78, 5) is 7.21. The largest absolute Gasteiger partial charge is 0.377 e. The van der Waals surface area contributed by atoms with Crippen LogP contribution in [0.5, 0.6) is 0 Å². The SMILES string of the molecule is CO[C@H]1CN(c2cnc3c(C)nnc(N[C@H](C)c4cccc(S(C)(=O)=O)c4C)c3c2)C[C@H]1OC. The van der Waals surface area contributed by atoms with Crippen molar-refractivity contribution < 1.29 is 17.9 Å². The molecule has 0 aliphatic carbocycles. The Morgan fingerprint density at radius 2 is 1.79 bits per heavy atom. The fourth-order valence-corrected chi connectivity index (χ4v) is 5.62. The summed E-state index contributed by atoms with van der Waals surface area (Å²) < 4.78 is 35.5. The molecule has 0 amide bonds. The molecule has 10 heteroatoms. The average Bonchev–Trinajstić information content (AvgIpc) is 3.23. The fourth-order valence-electron chi connectivity index (χ4n) is 4.62. The van der Waals surface area contributed by atoms with E-state index in [-0.39, 0.29) is 18.2 Å². The van der Waals surface area contributed by atoms with Crippen LogP contribution in [-0.4, -0.2) is 69.4 Å². The quantitative estimate of drug-likeness (QED) is 0.540. The van der Waals surface area contributed by atoms with Crippen molar-refractivity contribution in [2.75, 3.05) is 43.8 Å². The van der Waals surface area contributed by atoms with Crippen LogP contribution in [0.3, 0.4) is 0 Å². The second kappa shape index (κ2) is 9.44. The summed E-state index contributed by atoms with van der Waals surface area (Å²) in [5.41, 5.74) is 4.06. The van der Waals surface area contributed by atoms with Crippen LogP contribution >= 0.6 is 0 Å². The van der Waals surface area contributed by atoms with Crippen molar-refractivity contribution in [2.45, 2.75) is 43.9 Å². The number of methoxy groups -OCH3 is 2. The molecule has 4 rings (SSSR count). The van der Waals surface area contributed by atoms with Gasteiger partial charge in [0.1, 0.15) is 12.2 Å². The maximum atomic E-state index is 12.2. The monoisotopic (exact) mass is 485 g/mol. The number of pyridine rings is 1. The smallest absolute Gasteiger partial charge is 0.175 e. The number of hydrogen-bond acceptors (Lipinski definition) is 9. The van der Waals surface area contributed by atoms with Gasteiger partial charge in [-0.05, 0) is 44.0 Å². The lowest BCUT2D eigenvalue weighted by molar-refractivity contribution is -0.00461. The molecule has 1 aromatic carbocycles. The van der Waals surface area contributed by atoms with Crippen LogP contribution in [0, 0.1) is 13.8 Å². The first-order valence-electron chi connectivity index (χ1n) is 11.1. The first-order valence-corrected chi connectivity index (χ1v) is 13.0. The molecule has 0 unspecified atom stereocenters. The highest BCUT2D eigenvalue weighted by atomic mass is 32.2. The molecule has 9 nitrogen and oxygen atoms in total. The zero-order valence-corrected chi connectivity index (χ0v) is 21.2. The molecule has 1 aliphatic heterocycles. The third-order valence-corrected chi connectivity index (χ3v) is 7.74. The lowest BCUT2D eigenvalue weighted by atomic mass is 10.0. The van der Waals surface area contributed by atoms with Crippen LogP contribution < -0.4 is 10.2 Å². The van der Waals surface area contributed by atoms with Crippen molar-refractivity contribution in [2.24, 2.45) is 0 Å². The summed E-state index contributed by atoms with van der Waals surface area (Å²) in [6, 6.07) is 7.18. The van der Waals surface area contributed by atoms with E-state index in [9.17, 15) is 8.42 Å². The molecule has 0 spiro atoms. The second-order valence-electron chi connectivity index (χ2n) is 8.79. The van der Waals surface area contributed by atoms with E-state index in [1.807, 2.05) is 33.0 Å². The lowest BCUT2D eigenvalue weighted by Crippen LogP contribution is -2.27. The third kappa shape index (κ3) is 4.57. The van der Waals surface area contributed by atoms with E-state index < -0.39 is 9.84 Å². The molecule has 0 saturated carbocycles. The van der Waals surface area contributed by atoms with Gasteiger partial charge in [-0.2, -0.15) is 5.10 Å². The van der Waals surface area contributed by atoms with Gasteiger partial charge in [-0.1, -0.05) is 12.1 Å². The Morgan fingerprint density at radius 3 is 2.41 bits per heavy atom. The van der Waals surface area contributed by atoms with Crippen molar-refractivity contribution in [3.8, 4) is 0 Å². The summed E-state index contributed by atoms with van der Waals surface area (Å²) in [6.07, 6.45) is 3.04. The zero-order chi connectivity index (χ0) is 24.6. The summed E-state index contributed by atoms with van der Waals surface area (Å²) in [5, 5.41) is 13.0. The minimum atomic E-state index is -3.32. The Labute approximate surface area is 200 Å². The highest BCUT2D eigenvalue weighted by Crippen LogP contribution is 2.32. The molecule has 0 radical (unpaired) electrons. The van der Waals surface area contributed by atoms with Crippen LogP contribution in [0.2, 0.25) is 0 Å². The molecule has 2 aromatic heterocycles. The molecular weight excluding hydrogens is 454 g/mol. The number of fused-ring (bicyclic) bond motifs is 1. The molecule has 1 N–H and O–H groups in total. The molecular formula is C24H31N5O4S. The number of hydrogen-bond donors (Lipinski definition) is 1. The van der Waals surface area contributed by atoms with Gasteiger partial charge in [0.15, 0.2) is 15.7 Å². The third-order valence-electron chi connectivity index (χ3n) is 6.50. The predicted molar refractivity (Wildman–Crippen MR) is 132 cm³/mol. The normalized spacial score (nSPS) is 19.5. The first kappa shape index (κ1) is 24.3. The van der Waals surface area contributed by atoms with Gasteiger partial charge in [0.2, 0.25) is 0 Å². The van der Waals surface area contributed by atoms with Crippen LogP contribution in [0.1, 0.15) is 29.8 Å². The Morgan fingerprint density at radius 1 is 1.12 bits per heavy atom. The van der Waals surface area contributed by atoms with Crippen LogP contribution in [-0.2, 0) is 19.3 Å². The molecule has 3 atom stereocenters. The first-order chi connectivity index (χ1) is 16.1. The molecule has 0 bridgehead atoms.